The molecule has 0 aliphatic carbocycles. The first-order valence-electron chi connectivity index (χ1n) is 4.43. The molecular weight excluding hydrogens is 249 g/mol. The third kappa shape index (κ3) is 5.32. The van der Waals surface area contributed by atoms with E-state index in [-0.39, 0.29) is 11.7 Å². The Hall–Kier alpha value is -0.810. The molecule has 1 amide bonds. The van der Waals surface area contributed by atoms with Gasteiger partial charge in [0.1, 0.15) is 0 Å². The van der Waals surface area contributed by atoms with E-state index in [1.165, 1.54) is 6.92 Å². The van der Waals surface area contributed by atoms with Crippen LogP contribution in [-0.2, 0) is 15.1 Å². The minimum atomic E-state index is -4.02. The summed E-state index contributed by atoms with van der Waals surface area (Å²) in [6.45, 7) is -2.60. The molecule has 0 spiro atoms. The standard InChI is InChI=1S/C9H12NO4PS/c1-7(11)10-9-4-2-8(3-5-9)6-16-15(12,13)14/h2-5H,6H2,1H3,(H,10,11)(H2,12,13,14). The Labute approximate surface area is 97.2 Å². The zero-order valence-corrected chi connectivity index (χ0v) is 10.3. The minimum absolute atomic E-state index is 0.155. The Bertz CT molecular complexity index is 414. The average Bonchev–Trinajstić information content (AvgIpc) is 2.14. The molecule has 1 aromatic rings. The van der Waals surface area contributed by atoms with Crippen molar-refractivity contribution in [1.82, 2.24) is 0 Å². The van der Waals surface area contributed by atoms with Crippen molar-refractivity contribution < 1.29 is 19.1 Å². The smallest absolute Gasteiger partial charge is 0.326 e. The Morgan fingerprint density at radius 3 is 2.38 bits per heavy atom. The molecule has 7 heteroatoms. The van der Waals surface area contributed by atoms with Gasteiger partial charge in [-0.15, -0.1) is 0 Å². The van der Waals surface area contributed by atoms with Crippen molar-refractivity contribution in [3.63, 3.8) is 0 Å². The van der Waals surface area contributed by atoms with Gasteiger partial charge in [0, 0.05) is 18.4 Å². The van der Waals surface area contributed by atoms with E-state index in [0.29, 0.717) is 17.1 Å². The van der Waals surface area contributed by atoms with Crippen LogP contribution in [0.3, 0.4) is 0 Å². The highest BCUT2D eigenvalue weighted by Crippen LogP contribution is 2.51. The number of nitrogens with one attached hydrogen (secondary N) is 1. The molecule has 0 bridgehead atoms. The van der Waals surface area contributed by atoms with Crippen LogP contribution in [0, 0.1) is 0 Å². The van der Waals surface area contributed by atoms with Crippen molar-refractivity contribution in [2.75, 3.05) is 5.32 Å². The molecule has 0 saturated carbocycles. The molecule has 0 atom stereocenters. The summed E-state index contributed by atoms with van der Waals surface area (Å²) in [5.41, 5.74) is 1.46. The molecule has 0 heterocycles. The molecule has 0 radical (unpaired) electrons. The molecule has 0 saturated heterocycles. The first-order chi connectivity index (χ1) is 7.37. The zero-order chi connectivity index (χ0) is 12.2. The maximum absolute atomic E-state index is 10.7. The summed E-state index contributed by atoms with van der Waals surface area (Å²) >= 11 is 0.586. The van der Waals surface area contributed by atoms with Crippen molar-refractivity contribution in [1.29, 1.82) is 0 Å². The normalized spacial score (nSPS) is 11.2. The number of carbonyl (C=O) groups is 1. The van der Waals surface area contributed by atoms with Crippen molar-refractivity contribution in [2.45, 2.75) is 12.7 Å². The van der Waals surface area contributed by atoms with Crippen molar-refractivity contribution in [2.24, 2.45) is 0 Å². The van der Waals surface area contributed by atoms with Gasteiger partial charge in [-0.1, -0.05) is 12.1 Å². The molecule has 1 rings (SSSR count). The fourth-order valence-corrected chi connectivity index (χ4v) is 2.51. The van der Waals surface area contributed by atoms with E-state index in [4.69, 9.17) is 9.79 Å². The lowest BCUT2D eigenvalue weighted by Gasteiger charge is -2.05. The predicted molar refractivity (Wildman–Crippen MR) is 64.1 cm³/mol. The van der Waals surface area contributed by atoms with Crippen LogP contribution in [0.5, 0.6) is 0 Å². The van der Waals surface area contributed by atoms with Gasteiger partial charge in [0.15, 0.2) is 0 Å². The third-order valence-electron chi connectivity index (χ3n) is 1.67. The van der Waals surface area contributed by atoms with Crippen LogP contribution in [0.15, 0.2) is 24.3 Å². The third-order valence-corrected chi connectivity index (χ3v) is 3.87. The number of hydrogen-bond acceptors (Lipinski definition) is 3. The fourth-order valence-electron chi connectivity index (χ4n) is 1.05. The van der Waals surface area contributed by atoms with E-state index in [1.807, 2.05) is 0 Å². The summed E-state index contributed by atoms with van der Waals surface area (Å²) < 4.78 is 10.6. The molecule has 0 aliphatic rings. The predicted octanol–water partition coefficient (Wildman–Crippen LogP) is 1.97. The molecule has 0 aliphatic heterocycles. The number of benzene rings is 1. The number of amides is 1. The van der Waals surface area contributed by atoms with Crippen LogP contribution in [-0.4, -0.2) is 15.7 Å². The minimum Gasteiger partial charge on any atom is -0.326 e. The van der Waals surface area contributed by atoms with E-state index in [9.17, 15) is 9.36 Å². The molecule has 0 aromatic heterocycles. The summed E-state index contributed by atoms with van der Waals surface area (Å²) in [7, 11) is 0. The van der Waals surface area contributed by atoms with E-state index in [0.717, 1.165) is 5.56 Å². The van der Waals surface area contributed by atoms with Gasteiger partial charge in [-0.3, -0.25) is 4.79 Å². The van der Waals surface area contributed by atoms with Crippen LogP contribution < -0.4 is 5.32 Å². The van der Waals surface area contributed by atoms with Gasteiger partial charge in [0.25, 0.3) is 0 Å². The maximum atomic E-state index is 10.7. The summed E-state index contributed by atoms with van der Waals surface area (Å²) in [5.74, 6) is 0.0855. The summed E-state index contributed by atoms with van der Waals surface area (Å²) in [6.07, 6.45) is 0. The lowest BCUT2D eigenvalue weighted by atomic mass is 10.2. The van der Waals surface area contributed by atoms with Crippen LogP contribution in [0.2, 0.25) is 0 Å². The fraction of sp³-hybridized carbons (Fsp3) is 0.222. The molecule has 1 aromatic carbocycles. The topological polar surface area (TPSA) is 86.6 Å². The van der Waals surface area contributed by atoms with Crippen LogP contribution in [0.1, 0.15) is 12.5 Å². The quantitative estimate of drug-likeness (QED) is 0.721. The zero-order valence-electron chi connectivity index (χ0n) is 8.58. The molecule has 3 N–H and O–H groups in total. The Balaban J connectivity index is 2.58. The first kappa shape index (κ1) is 13.3. The highest BCUT2D eigenvalue weighted by molar-refractivity contribution is 8.54. The molecule has 88 valence electrons. The molecule has 5 nitrogen and oxygen atoms in total. The lowest BCUT2D eigenvalue weighted by Crippen LogP contribution is -2.05. The van der Waals surface area contributed by atoms with E-state index >= 15 is 0 Å². The van der Waals surface area contributed by atoms with Gasteiger partial charge in [-0.25, -0.2) is 4.57 Å². The van der Waals surface area contributed by atoms with Gasteiger partial charge in [0.2, 0.25) is 5.91 Å². The molecular formula is C9H12NO4PS. The van der Waals surface area contributed by atoms with Crippen molar-refractivity contribution in [3.05, 3.63) is 29.8 Å². The number of anilines is 1. The lowest BCUT2D eigenvalue weighted by molar-refractivity contribution is -0.114. The van der Waals surface area contributed by atoms with Gasteiger partial charge < -0.3 is 15.1 Å². The van der Waals surface area contributed by atoms with E-state index in [1.54, 1.807) is 24.3 Å². The monoisotopic (exact) mass is 261 g/mol. The Morgan fingerprint density at radius 2 is 1.94 bits per heavy atom. The SMILES string of the molecule is CC(=O)Nc1ccc(CSP(=O)(O)O)cc1. The summed E-state index contributed by atoms with van der Waals surface area (Å²) in [4.78, 5) is 28.1. The van der Waals surface area contributed by atoms with E-state index < -0.39 is 6.80 Å². The largest absolute Gasteiger partial charge is 0.384 e. The van der Waals surface area contributed by atoms with Crippen molar-refractivity contribution in [3.8, 4) is 0 Å². The second-order valence-electron chi connectivity index (χ2n) is 3.14. The van der Waals surface area contributed by atoms with Gasteiger partial charge >= 0.3 is 6.80 Å². The van der Waals surface area contributed by atoms with Crippen LogP contribution in [0.4, 0.5) is 5.69 Å². The Kier molecular flexibility index (Phi) is 4.56. The summed E-state index contributed by atoms with van der Waals surface area (Å²) in [5, 5.41) is 2.61. The van der Waals surface area contributed by atoms with Crippen LogP contribution >= 0.6 is 18.2 Å². The second-order valence-corrected chi connectivity index (χ2v) is 6.87. The highest BCUT2D eigenvalue weighted by atomic mass is 32.7. The van der Waals surface area contributed by atoms with E-state index in [2.05, 4.69) is 5.32 Å². The maximum Gasteiger partial charge on any atom is 0.384 e. The molecule has 0 unspecified atom stereocenters. The van der Waals surface area contributed by atoms with Gasteiger partial charge in [-0.2, -0.15) is 0 Å². The number of rotatable bonds is 4. The Morgan fingerprint density at radius 1 is 1.38 bits per heavy atom. The number of carbonyl (C=O) groups excluding carboxylic acids is 1. The average molecular weight is 261 g/mol. The first-order valence-corrected chi connectivity index (χ1v) is 7.64. The van der Waals surface area contributed by atoms with Gasteiger partial charge in [-0.05, 0) is 29.1 Å². The molecule has 0 fully saturated rings. The summed E-state index contributed by atoms with van der Waals surface area (Å²) in [6, 6.07) is 6.82. The number of hydrogen-bond donors (Lipinski definition) is 3. The second kappa shape index (κ2) is 5.50. The molecule has 16 heavy (non-hydrogen) atoms. The van der Waals surface area contributed by atoms with Gasteiger partial charge in [0.05, 0.1) is 0 Å². The van der Waals surface area contributed by atoms with Crippen molar-refractivity contribution >= 4 is 29.8 Å². The highest BCUT2D eigenvalue weighted by Gasteiger charge is 2.13. The van der Waals surface area contributed by atoms with Crippen LogP contribution in [0.25, 0.3) is 0 Å².